The average Bonchev–Trinajstić information content (AvgIpc) is 3.28. The molecule has 0 aliphatic heterocycles. The quantitative estimate of drug-likeness (QED) is 0.618. The predicted molar refractivity (Wildman–Crippen MR) is 110 cm³/mol. The van der Waals surface area contributed by atoms with Crippen molar-refractivity contribution in [3.63, 3.8) is 0 Å². The Hall–Kier alpha value is -1.98. The molecule has 2 heterocycles. The van der Waals surface area contributed by atoms with Crippen LogP contribution in [0, 0.1) is 5.92 Å². The van der Waals surface area contributed by atoms with Crippen LogP contribution in [0.15, 0.2) is 35.7 Å². The van der Waals surface area contributed by atoms with Gasteiger partial charge in [-0.2, -0.15) is 0 Å². The maximum atomic E-state index is 12.6. The lowest BCUT2D eigenvalue weighted by molar-refractivity contribution is 0.103. The number of nitrogens with one attached hydrogen (secondary N) is 1. The van der Waals surface area contributed by atoms with E-state index in [1.165, 1.54) is 33.8 Å². The fourth-order valence-electron chi connectivity index (χ4n) is 3.35. The van der Waals surface area contributed by atoms with Gasteiger partial charge in [0.2, 0.25) is 0 Å². The van der Waals surface area contributed by atoms with Gasteiger partial charge in [-0.15, -0.1) is 22.7 Å². The van der Waals surface area contributed by atoms with Gasteiger partial charge in [0, 0.05) is 15.8 Å². The lowest BCUT2D eigenvalue weighted by atomic mass is 9.90. The third kappa shape index (κ3) is 3.60. The van der Waals surface area contributed by atoms with Crippen molar-refractivity contribution in [3.05, 3.63) is 56.6 Å². The van der Waals surface area contributed by atoms with Gasteiger partial charge in [0.05, 0.1) is 10.6 Å². The molecule has 3 aromatic rings. The summed E-state index contributed by atoms with van der Waals surface area (Å²) in [7, 11) is 0. The van der Waals surface area contributed by atoms with Gasteiger partial charge in [0.15, 0.2) is 5.13 Å². The molecule has 1 atom stereocenters. The number of benzene rings is 1. The highest BCUT2D eigenvalue weighted by Gasteiger charge is 2.21. The summed E-state index contributed by atoms with van der Waals surface area (Å²) in [5, 5.41) is 5.62. The van der Waals surface area contributed by atoms with Gasteiger partial charge in [-0.1, -0.05) is 38.1 Å². The summed E-state index contributed by atoms with van der Waals surface area (Å²) < 4.78 is 0. The van der Waals surface area contributed by atoms with E-state index in [2.05, 4.69) is 54.5 Å². The second kappa shape index (κ2) is 7.33. The molecule has 0 saturated heterocycles. The number of carbonyl (C=O) groups excluding carboxylic acids is 1. The lowest BCUT2D eigenvalue weighted by Gasteiger charge is -2.16. The van der Waals surface area contributed by atoms with Crippen molar-refractivity contribution in [3.8, 4) is 11.3 Å². The number of aromatic nitrogens is 1. The molecule has 0 saturated carbocycles. The van der Waals surface area contributed by atoms with Crippen LogP contribution in [0.1, 0.15) is 45.9 Å². The normalized spacial score (nSPS) is 16.3. The Balaban J connectivity index is 1.47. The highest BCUT2D eigenvalue weighted by atomic mass is 32.1. The van der Waals surface area contributed by atoms with E-state index in [4.69, 9.17) is 0 Å². The molecule has 1 N–H and O–H groups in total. The summed E-state index contributed by atoms with van der Waals surface area (Å²) in [6, 6.07) is 10.5. The van der Waals surface area contributed by atoms with Gasteiger partial charge in [-0.25, -0.2) is 4.98 Å². The van der Waals surface area contributed by atoms with E-state index >= 15 is 0 Å². The number of hydrogen-bond donors (Lipinski definition) is 1. The molecule has 0 radical (unpaired) electrons. The summed E-state index contributed by atoms with van der Waals surface area (Å²) >= 11 is 3.11. The molecule has 2 aromatic heterocycles. The van der Waals surface area contributed by atoms with E-state index < -0.39 is 0 Å². The molecule has 0 bridgehead atoms. The van der Waals surface area contributed by atoms with E-state index in [9.17, 15) is 4.79 Å². The Labute approximate surface area is 162 Å². The van der Waals surface area contributed by atoms with Gasteiger partial charge >= 0.3 is 0 Å². The second-order valence-electron chi connectivity index (χ2n) is 6.95. The van der Waals surface area contributed by atoms with Crippen molar-refractivity contribution in [2.75, 3.05) is 5.32 Å². The minimum Gasteiger partial charge on any atom is -0.297 e. The summed E-state index contributed by atoms with van der Waals surface area (Å²) in [5.41, 5.74) is 4.66. The minimum absolute atomic E-state index is 0.0423. The number of carbonyl (C=O) groups is 1. The zero-order valence-electron chi connectivity index (χ0n) is 15.0. The van der Waals surface area contributed by atoms with Gasteiger partial charge in [-0.3, -0.25) is 10.1 Å². The summed E-state index contributed by atoms with van der Waals surface area (Å²) in [6.45, 7) is 4.43. The van der Waals surface area contributed by atoms with Crippen LogP contribution in [0.25, 0.3) is 11.3 Å². The second-order valence-corrected chi connectivity index (χ2v) is 8.94. The number of anilines is 1. The van der Waals surface area contributed by atoms with Crippen LogP contribution in [0.5, 0.6) is 0 Å². The van der Waals surface area contributed by atoms with Crippen molar-refractivity contribution in [1.29, 1.82) is 0 Å². The first-order valence-corrected chi connectivity index (χ1v) is 10.8. The number of thiophene rings is 1. The lowest BCUT2D eigenvalue weighted by Crippen LogP contribution is -2.10. The van der Waals surface area contributed by atoms with Crippen molar-refractivity contribution in [2.45, 2.75) is 39.5 Å². The van der Waals surface area contributed by atoms with E-state index in [1.54, 1.807) is 11.3 Å². The molecule has 5 heteroatoms. The number of amides is 1. The molecule has 0 unspecified atom stereocenters. The van der Waals surface area contributed by atoms with Crippen molar-refractivity contribution in [1.82, 2.24) is 4.98 Å². The molecule has 3 nitrogen and oxygen atoms in total. The first kappa shape index (κ1) is 17.4. The third-order valence-corrected chi connectivity index (χ3v) is 6.93. The first-order chi connectivity index (χ1) is 12.6. The Morgan fingerprint density at radius 2 is 2.12 bits per heavy atom. The zero-order chi connectivity index (χ0) is 18.1. The topological polar surface area (TPSA) is 42.0 Å². The number of thiazole rings is 1. The molecule has 1 amide bonds. The standard InChI is InChI=1S/C21H22N2OS2/c1-3-14-5-7-15(8-6-14)17-12-25-21(22-17)23-20(24)19-11-16-10-13(2)4-9-18(16)26-19/h5-8,11-13H,3-4,9-10H2,1-2H3,(H,22,23,24)/t13-/m1/s1. The molecule has 1 aromatic carbocycles. The van der Waals surface area contributed by atoms with Crippen LogP contribution in [0.4, 0.5) is 5.13 Å². The zero-order valence-corrected chi connectivity index (χ0v) is 16.7. The van der Waals surface area contributed by atoms with E-state index in [-0.39, 0.29) is 5.91 Å². The molecular weight excluding hydrogens is 360 g/mol. The SMILES string of the molecule is CCc1ccc(-c2csc(NC(=O)c3cc4c(s3)CC[C@@H](C)C4)n2)cc1. The maximum absolute atomic E-state index is 12.6. The molecule has 26 heavy (non-hydrogen) atoms. The number of nitrogens with zero attached hydrogens (tertiary/aromatic N) is 1. The smallest absolute Gasteiger partial charge is 0.267 e. The fraction of sp³-hybridized carbons (Fsp3) is 0.333. The predicted octanol–water partition coefficient (Wildman–Crippen LogP) is 5.81. The summed E-state index contributed by atoms with van der Waals surface area (Å²) in [4.78, 5) is 19.4. The Morgan fingerprint density at radius 3 is 2.88 bits per heavy atom. The molecule has 1 aliphatic carbocycles. The van der Waals surface area contributed by atoms with Crippen LogP contribution in [-0.2, 0) is 19.3 Å². The molecule has 0 fully saturated rings. The average molecular weight is 383 g/mol. The molecule has 4 rings (SSSR count). The number of rotatable bonds is 4. The maximum Gasteiger partial charge on any atom is 0.267 e. The monoisotopic (exact) mass is 382 g/mol. The van der Waals surface area contributed by atoms with Gasteiger partial charge in [-0.05, 0) is 48.8 Å². The Morgan fingerprint density at radius 1 is 1.31 bits per heavy atom. The Bertz CT molecular complexity index is 924. The van der Waals surface area contributed by atoms with Crippen LogP contribution >= 0.6 is 22.7 Å². The van der Waals surface area contributed by atoms with Crippen LogP contribution in [0.2, 0.25) is 0 Å². The van der Waals surface area contributed by atoms with E-state index in [1.807, 2.05) is 5.38 Å². The Kier molecular flexibility index (Phi) is 4.92. The van der Waals surface area contributed by atoms with Gasteiger partial charge in [0.1, 0.15) is 0 Å². The highest BCUT2D eigenvalue weighted by molar-refractivity contribution is 7.15. The fourth-order valence-corrected chi connectivity index (χ4v) is 5.17. The molecular formula is C21H22N2OS2. The number of hydrogen-bond acceptors (Lipinski definition) is 4. The molecule has 134 valence electrons. The number of fused-ring (bicyclic) bond motifs is 1. The highest BCUT2D eigenvalue weighted by Crippen LogP contribution is 2.33. The first-order valence-electron chi connectivity index (χ1n) is 9.10. The summed E-state index contributed by atoms with van der Waals surface area (Å²) in [5.74, 6) is 0.674. The van der Waals surface area contributed by atoms with E-state index in [0.29, 0.717) is 11.0 Å². The van der Waals surface area contributed by atoms with Crippen LogP contribution in [0.3, 0.4) is 0 Å². The van der Waals surface area contributed by atoms with Gasteiger partial charge < -0.3 is 0 Å². The number of aryl methyl sites for hydroxylation is 2. The molecule has 1 aliphatic rings. The van der Waals surface area contributed by atoms with Crippen LogP contribution < -0.4 is 5.32 Å². The largest absolute Gasteiger partial charge is 0.297 e. The van der Waals surface area contributed by atoms with Crippen molar-refractivity contribution < 1.29 is 4.79 Å². The van der Waals surface area contributed by atoms with Gasteiger partial charge in [0.25, 0.3) is 5.91 Å². The van der Waals surface area contributed by atoms with Crippen LogP contribution in [-0.4, -0.2) is 10.9 Å². The van der Waals surface area contributed by atoms with E-state index in [0.717, 1.165) is 35.4 Å². The third-order valence-electron chi connectivity index (χ3n) is 4.94. The van der Waals surface area contributed by atoms with Crippen molar-refractivity contribution >= 4 is 33.7 Å². The minimum atomic E-state index is -0.0423. The van der Waals surface area contributed by atoms with Crippen molar-refractivity contribution in [2.24, 2.45) is 5.92 Å². The molecule has 0 spiro atoms. The summed E-state index contributed by atoms with van der Waals surface area (Å²) in [6.07, 6.45) is 4.45.